The van der Waals surface area contributed by atoms with E-state index in [4.69, 9.17) is 5.26 Å². The molecule has 21 heavy (non-hydrogen) atoms. The van der Waals surface area contributed by atoms with Gasteiger partial charge in [-0.2, -0.15) is 5.26 Å². The van der Waals surface area contributed by atoms with Crippen LogP contribution in [0.5, 0.6) is 0 Å². The van der Waals surface area contributed by atoms with Crippen molar-refractivity contribution in [3.05, 3.63) is 42.4 Å². The first-order valence-electron chi connectivity index (χ1n) is 7.46. The average Bonchev–Trinajstić information content (AvgIpc) is 3.08. The van der Waals surface area contributed by atoms with Crippen LogP contribution in [0.25, 0.3) is 11.3 Å². The number of imidazole rings is 1. The van der Waals surface area contributed by atoms with Crippen LogP contribution in [0.15, 0.2) is 36.8 Å². The van der Waals surface area contributed by atoms with E-state index < -0.39 is 5.60 Å². The molecule has 2 aromatic rings. The monoisotopic (exact) mass is 279 g/mol. The van der Waals surface area contributed by atoms with Gasteiger partial charge in [0.25, 0.3) is 0 Å². The normalized spacial score (nSPS) is 30.5. The number of benzene rings is 1. The number of rotatable bonds is 1. The molecule has 1 aromatic carbocycles. The molecule has 1 aliphatic heterocycles. The molecule has 1 fully saturated rings. The molecule has 1 aliphatic carbocycles. The number of aliphatic hydroxyl groups is 1. The summed E-state index contributed by atoms with van der Waals surface area (Å²) in [6.45, 7) is 0. The van der Waals surface area contributed by atoms with Crippen LogP contribution in [0.3, 0.4) is 0 Å². The van der Waals surface area contributed by atoms with Crippen molar-refractivity contribution in [2.45, 2.75) is 37.3 Å². The summed E-state index contributed by atoms with van der Waals surface area (Å²) in [7, 11) is 0. The van der Waals surface area contributed by atoms with Crippen molar-refractivity contribution >= 4 is 0 Å². The zero-order valence-corrected chi connectivity index (χ0v) is 11.7. The smallest absolute Gasteiger partial charge is 0.0957 e. The summed E-state index contributed by atoms with van der Waals surface area (Å²) in [6.07, 6.45) is 6.56. The molecule has 106 valence electrons. The fourth-order valence-corrected chi connectivity index (χ4v) is 3.91. The highest BCUT2D eigenvalue weighted by atomic mass is 16.3. The number of hydrogen-bond acceptors (Lipinski definition) is 3. The summed E-state index contributed by atoms with van der Waals surface area (Å²) in [4.78, 5) is 4.25. The van der Waals surface area contributed by atoms with Gasteiger partial charge in [0.1, 0.15) is 0 Å². The van der Waals surface area contributed by atoms with E-state index in [1.807, 2.05) is 24.7 Å². The van der Waals surface area contributed by atoms with Gasteiger partial charge in [0.15, 0.2) is 0 Å². The molecule has 2 aliphatic rings. The van der Waals surface area contributed by atoms with E-state index in [-0.39, 0.29) is 12.0 Å². The quantitative estimate of drug-likeness (QED) is 0.873. The lowest BCUT2D eigenvalue weighted by Crippen LogP contribution is -2.42. The first kappa shape index (κ1) is 12.6. The third kappa shape index (κ3) is 1.74. The standard InChI is InChI=1S/C17H17N3O/c18-9-12-5-7-17(21,8-6-12)16-14-4-2-1-3-13(14)15-10-19-11-20(15)16/h1-4,10-12,16,21H,5-8H2/t12-,16-,17+/m1/s1. The Morgan fingerprint density at radius 3 is 2.81 bits per heavy atom. The molecule has 1 aromatic heterocycles. The largest absolute Gasteiger partial charge is 0.387 e. The molecule has 0 saturated heterocycles. The van der Waals surface area contributed by atoms with Crippen LogP contribution < -0.4 is 0 Å². The van der Waals surface area contributed by atoms with E-state index in [1.165, 1.54) is 5.56 Å². The highest BCUT2D eigenvalue weighted by molar-refractivity contribution is 5.69. The molecule has 0 bridgehead atoms. The second kappa shape index (κ2) is 4.44. The second-order valence-electron chi connectivity index (χ2n) is 6.18. The van der Waals surface area contributed by atoms with E-state index in [1.54, 1.807) is 0 Å². The minimum Gasteiger partial charge on any atom is -0.387 e. The van der Waals surface area contributed by atoms with E-state index in [9.17, 15) is 5.11 Å². The fourth-order valence-electron chi connectivity index (χ4n) is 3.91. The highest BCUT2D eigenvalue weighted by Crippen LogP contribution is 2.49. The summed E-state index contributed by atoms with van der Waals surface area (Å²) in [5, 5.41) is 20.3. The van der Waals surface area contributed by atoms with Gasteiger partial charge < -0.3 is 9.67 Å². The first-order valence-corrected chi connectivity index (χ1v) is 7.46. The van der Waals surface area contributed by atoms with E-state index in [0.29, 0.717) is 12.8 Å². The Balaban J connectivity index is 1.78. The van der Waals surface area contributed by atoms with Crippen molar-refractivity contribution in [1.82, 2.24) is 9.55 Å². The predicted octanol–water partition coefficient (Wildman–Crippen LogP) is 2.90. The lowest BCUT2D eigenvalue weighted by molar-refractivity contribution is -0.0344. The van der Waals surface area contributed by atoms with E-state index in [2.05, 4.69) is 27.8 Å². The third-order valence-electron chi connectivity index (χ3n) is 5.02. The van der Waals surface area contributed by atoms with Crippen molar-refractivity contribution in [3.8, 4) is 17.3 Å². The Morgan fingerprint density at radius 1 is 1.29 bits per heavy atom. The van der Waals surface area contributed by atoms with Gasteiger partial charge in [0.05, 0.1) is 35.9 Å². The molecule has 1 N–H and O–H groups in total. The van der Waals surface area contributed by atoms with Crippen molar-refractivity contribution in [1.29, 1.82) is 5.26 Å². The molecule has 0 amide bonds. The van der Waals surface area contributed by atoms with Crippen LogP contribution in [0.2, 0.25) is 0 Å². The van der Waals surface area contributed by atoms with Crippen molar-refractivity contribution in [2.75, 3.05) is 0 Å². The number of fused-ring (bicyclic) bond motifs is 3. The molecular weight excluding hydrogens is 262 g/mol. The molecule has 2 heterocycles. The van der Waals surface area contributed by atoms with Crippen LogP contribution in [0.4, 0.5) is 0 Å². The number of aromatic nitrogens is 2. The Hall–Kier alpha value is -2.12. The van der Waals surface area contributed by atoms with E-state index in [0.717, 1.165) is 24.1 Å². The highest BCUT2D eigenvalue weighted by Gasteiger charge is 2.46. The zero-order valence-electron chi connectivity index (χ0n) is 11.7. The number of hydrogen-bond donors (Lipinski definition) is 1. The summed E-state index contributed by atoms with van der Waals surface area (Å²) >= 11 is 0. The van der Waals surface area contributed by atoms with Gasteiger partial charge >= 0.3 is 0 Å². The maximum Gasteiger partial charge on any atom is 0.0957 e. The van der Waals surface area contributed by atoms with Crippen molar-refractivity contribution in [2.24, 2.45) is 5.92 Å². The summed E-state index contributed by atoms with van der Waals surface area (Å²) < 4.78 is 2.09. The van der Waals surface area contributed by atoms with Gasteiger partial charge in [-0.3, -0.25) is 0 Å². The predicted molar refractivity (Wildman–Crippen MR) is 78.3 cm³/mol. The number of nitrogens with zero attached hydrogens (tertiary/aromatic N) is 3. The summed E-state index contributed by atoms with van der Waals surface area (Å²) in [5.74, 6) is 0.0872. The van der Waals surface area contributed by atoms with Gasteiger partial charge in [-0.05, 0) is 31.2 Å². The Bertz CT molecular complexity index is 720. The van der Waals surface area contributed by atoms with Gasteiger partial charge in [-0.1, -0.05) is 24.3 Å². The Morgan fingerprint density at radius 2 is 2.05 bits per heavy atom. The van der Waals surface area contributed by atoms with Crippen LogP contribution >= 0.6 is 0 Å². The summed E-state index contributed by atoms with van der Waals surface area (Å²) in [6, 6.07) is 10.5. The molecular formula is C17H17N3O. The second-order valence-corrected chi connectivity index (χ2v) is 6.18. The lowest BCUT2D eigenvalue weighted by Gasteiger charge is -2.39. The maximum absolute atomic E-state index is 11.2. The topological polar surface area (TPSA) is 61.8 Å². The van der Waals surface area contributed by atoms with Crippen molar-refractivity contribution in [3.63, 3.8) is 0 Å². The fraction of sp³-hybridized carbons (Fsp3) is 0.412. The lowest BCUT2D eigenvalue weighted by atomic mass is 9.73. The first-order chi connectivity index (χ1) is 10.2. The van der Waals surface area contributed by atoms with Gasteiger partial charge in [-0.25, -0.2) is 4.98 Å². The summed E-state index contributed by atoms with van der Waals surface area (Å²) in [5.41, 5.74) is 2.63. The number of nitriles is 1. The Kier molecular flexibility index (Phi) is 2.66. The SMILES string of the molecule is N#C[C@H]1CC[C@](O)([C@H]2c3ccccc3-c3cncn32)CC1. The van der Waals surface area contributed by atoms with Crippen molar-refractivity contribution < 1.29 is 5.11 Å². The van der Waals surface area contributed by atoms with Crippen LogP contribution in [-0.2, 0) is 0 Å². The Labute approximate surface area is 123 Å². The maximum atomic E-state index is 11.2. The van der Waals surface area contributed by atoms with E-state index >= 15 is 0 Å². The van der Waals surface area contributed by atoms with Crippen LogP contribution in [0.1, 0.15) is 37.3 Å². The molecule has 1 atom stereocenters. The molecule has 1 saturated carbocycles. The van der Waals surface area contributed by atoms with Gasteiger partial charge in [-0.15, -0.1) is 0 Å². The minimum atomic E-state index is -0.782. The van der Waals surface area contributed by atoms with Gasteiger partial charge in [0, 0.05) is 11.5 Å². The minimum absolute atomic E-state index is 0.0779. The molecule has 4 heteroatoms. The van der Waals surface area contributed by atoms with Gasteiger partial charge in [0.2, 0.25) is 0 Å². The molecule has 0 spiro atoms. The van der Waals surface area contributed by atoms with Crippen LogP contribution in [0, 0.1) is 17.2 Å². The molecule has 0 radical (unpaired) electrons. The third-order valence-corrected chi connectivity index (χ3v) is 5.02. The molecule has 4 rings (SSSR count). The molecule has 4 nitrogen and oxygen atoms in total. The average molecular weight is 279 g/mol. The van der Waals surface area contributed by atoms with Crippen LogP contribution in [-0.4, -0.2) is 20.3 Å². The zero-order chi connectivity index (χ0) is 14.4. The molecule has 0 unspecified atom stereocenters.